The first kappa shape index (κ1) is 18.4. The van der Waals surface area contributed by atoms with Crippen molar-refractivity contribution in [3.63, 3.8) is 0 Å². The predicted octanol–water partition coefficient (Wildman–Crippen LogP) is 3.34. The molecule has 25 heavy (non-hydrogen) atoms. The average molecular weight is 345 g/mol. The first-order valence-electron chi connectivity index (χ1n) is 7.81. The molecule has 2 N–H and O–H groups in total. The number of benzene rings is 2. The molecule has 1 amide bonds. The van der Waals surface area contributed by atoms with Crippen molar-refractivity contribution in [3.8, 4) is 16.9 Å². The number of carboxylic acids is 1. The minimum atomic E-state index is -1.15. The number of aliphatic carboxylic acids is 1. The van der Waals surface area contributed by atoms with E-state index < -0.39 is 23.7 Å². The highest BCUT2D eigenvalue weighted by Gasteiger charge is 2.25. The summed E-state index contributed by atoms with van der Waals surface area (Å²) in [5, 5.41) is 11.5. The maximum atomic E-state index is 14.4. The molecule has 0 aliphatic heterocycles. The molecule has 0 bridgehead atoms. The van der Waals surface area contributed by atoms with E-state index in [1.165, 1.54) is 12.1 Å². The quantitative estimate of drug-likeness (QED) is 0.842. The molecule has 2 aromatic carbocycles. The van der Waals surface area contributed by atoms with E-state index in [0.29, 0.717) is 11.3 Å². The number of carboxylic acid groups (broad SMARTS) is 1. The number of rotatable bonds is 6. The second-order valence-electron chi connectivity index (χ2n) is 5.96. The summed E-state index contributed by atoms with van der Waals surface area (Å²) in [6, 6.07) is 10.2. The molecule has 0 aromatic heterocycles. The molecule has 132 valence electrons. The SMILES string of the molecule is COc1ccc(-c2ccc(C(=O)N[C@H](C(=O)O)C(C)C)c(F)c2)cc1. The molecule has 0 saturated carbocycles. The second-order valence-corrected chi connectivity index (χ2v) is 5.96. The van der Waals surface area contributed by atoms with Crippen LogP contribution in [-0.2, 0) is 4.79 Å². The third-order valence-electron chi connectivity index (χ3n) is 3.86. The summed E-state index contributed by atoms with van der Waals surface area (Å²) in [6.07, 6.45) is 0. The summed E-state index contributed by atoms with van der Waals surface area (Å²) < 4.78 is 19.4. The van der Waals surface area contributed by atoms with Crippen LogP contribution in [0.2, 0.25) is 0 Å². The Kier molecular flexibility index (Phi) is 5.75. The first-order chi connectivity index (χ1) is 11.8. The lowest BCUT2D eigenvalue weighted by atomic mass is 10.0. The second kappa shape index (κ2) is 7.79. The van der Waals surface area contributed by atoms with E-state index in [-0.39, 0.29) is 11.5 Å². The van der Waals surface area contributed by atoms with E-state index in [1.807, 2.05) is 0 Å². The third-order valence-corrected chi connectivity index (χ3v) is 3.86. The van der Waals surface area contributed by atoms with Gasteiger partial charge < -0.3 is 15.2 Å². The Bertz CT molecular complexity index is 771. The van der Waals surface area contributed by atoms with Crippen LogP contribution in [-0.4, -0.2) is 30.1 Å². The van der Waals surface area contributed by atoms with E-state index in [2.05, 4.69) is 5.32 Å². The number of carbonyl (C=O) groups is 2. The van der Waals surface area contributed by atoms with Gasteiger partial charge in [0.05, 0.1) is 12.7 Å². The lowest BCUT2D eigenvalue weighted by molar-refractivity contribution is -0.140. The standard InChI is InChI=1S/C19H20FNO4/c1-11(2)17(19(23)24)21-18(22)15-9-6-13(10-16(15)20)12-4-7-14(25-3)8-5-12/h4-11,17H,1-3H3,(H,21,22)(H,23,24)/t17-/m0/s1. The summed E-state index contributed by atoms with van der Waals surface area (Å²) in [7, 11) is 1.56. The van der Waals surface area contributed by atoms with Crippen LogP contribution in [0.1, 0.15) is 24.2 Å². The highest BCUT2D eigenvalue weighted by atomic mass is 19.1. The number of ether oxygens (including phenoxy) is 1. The summed E-state index contributed by atoms with van der Waals surface area (Å²) >= 11 is 0. The van der Waals surface area contributed by atoms with Crippen molar-refractivity contribution in [1.29, 1.82) is 0 Å². The Morgan fingerprint density at radius 3 is 2.16 bits per heavy atom. The number of methoxy groups -OCH3 is 1. The number of amides is 1. The number of hydrogen-bond donors (Lipinski definition) is 2. The zero-order valence-corrected chi connectivity index (χ0v) is 14.2. The Morgan fingerprint density at radius 2 is 1.68 bits per heavy atom. The van der Waals surface area contributed by atoms with Gasteiger partial charge in [-0.25, -0.2) is 9.18 Å². The zero-order valence-electron chi connectivity index (χ0n) is 14.2. The molecule has 5 nitrogen and oxygen atoms in total. The maximum Gasteiger partial charge on any atom is 0.326 e. The van der Waals surface area contributed by atoms with Gasteiger partial charge in [-0.05, 0) is 41.3 Å². The number of halogens is 1. The van der Waals surface area contributed by atoms with Crippen LogP contribution in [0.5, 0.6) is 5.75 Å². The van der Waals surface area contributed by atoms with Crippen LogP contribution >= 0.6 is 0 Å². The molecule has 0 aliphatic rings. The average Bonchev–Trinajstić information content (AvgIpc) is 2.58. The number of carbonyl (C=O) groups excluding carboxylic acids is 1. The van der Waals surface area contributed by atoms with Crippen molar-refractivity contribution in [2.45, 2.75) is 19.9 Å². The van der Waals surface area contributed by atoms with Crippen LogP contribution in [0.25, 0.3) is 11.1 Å². The van der Waals surface area contributed by atoms with E-state index in [9.17, 15) is 14.0 Å². The van der Waals surface area contributed by atoms with Gasteiger partial charge in [-0.2, -0.15) is 0 Å². The van der Waals surface area contributed by atoms with Crippen molar-refractivity contribution in [1.82, 2.24) is 5.32 Å². The fourth-order valence-electron chi connectivity index (χ4n) is 2.39. The summed E-state index contributed by atoms with van der Waals surface area (Å²) in [5.74, 6) is -2.24. The monoisotopic (exact) mass is 345 g/mol. The van der Waals surface area contributed by atoms with Crippen LogP contribution in [0, 0.1) is 11.7 Å². The van der Waals surface area contributed by atoms with Gasteiger partial charge in [0.2, 0.25) is 0 Å². The molecule has 0 saturated heterocycles. The summed E-state index contributed by atoms with van der Waals surface area (Å²) in [6.45, 7) is 3.34. The van der Waals surface area contributed by atoms with Crippen LogP contribution in [0.3, 0.4) is 0 Å². The van der Waals surface area contributed by atoms with Gasteiger partial charge in [-0.3, -0.25) is 4.79 Å². The molecular formula is C19H20FNO4. The molecule has 0 spiro atoms. The van der Waals surface area contributed by atoms with E-state index in [0.717, 1.165) is 5.56 Å². The van der Waals surface area contributed by atoms with E-state index >= 15 is 0 Å². The predicted molar refractivity (Wildman–Crippen MR) is 92.1 cm³/mol. The molecular weight excluding hydrogens is 325 g/mol. The van der Waals surface area contributed by atoms with E-state index in [4.69, 9.17) is 9.84 Å². The molecule has 2 rings (SSSR count). The van der Waals surface area contributed by atoms with Crippen molar-refractivity contribution in [2.75, 3.05) is 7.11 Å². The van der Waals surface area contributed by atoms with Gasteiger partial charge in [-0.1, -0.05) is 32.0 Å². The fourth-order valence-corrected chi connectivity index (χ4v) is 2.39. The third kappa shape index (κ3) is 4.35. The highest BCUT2D eigenvalue weighted by molar-refractivity contribution is 5.97. The van der Waals surface area contributed by atoms with E-state index in [1.54, 1.807) is 51.3 Å². The Balaban J connectivity index is 2.23. The number of nitrogens with one attached hydrogen (secondary N) is 1. The Morgan fingerprint density at radius 1 is 1.08 bits per heavy atom. The van der Waals surface area contributed by atoms with Gasteiger partial charge in [-0.15, -0.1) is 0 Å². The van der Waals surface area contributed by atoms with Gasteiger partial charge in [0.15, 0.2) is 0 Å². The van der Waals surface area contributed by atoms with Crippen LogP contribution in [0.4, 0.5) is 4.39 Å². The summed E-state index contributed by atoms with van der Waals surface area (Å²) in [5.41, 5.74) is 1.19. The van der Waals surface area contributed by atoms with Crippen molar-refractivity contribution < 1.29 is 23.8 Å². The Hall–Kier alpha value is -2.89. The fraction of sp³-hybridized carbons (Fsp3) is 0.263. The highest BCUT2D eigenvalue weighted by Crippen LogP contribution is 2.24. The molecule has 0 heterocycles. The maximum absolute atomic E-state index is 14.4. The Labute approximate surface area is 145 Å². The lowest BCUT2D eigenvalue weighted by Crippen LogP contribution is -2.44. The largest absolute Gasteiger partial charge is 0.497 e. The van der Waals surface area contributed by atoms with Gasteiger partial charge in [0.1, 0.15) is 17.6 Å². The molecule has 0 fully saturated rings. The van der Waals surface area contributed by atoms with Gasteiger partial charge in [0.25, 0.3) is 5.91 Å². The van der Waals surface area contributed by atoms with Crippen molar-refractivity contribution in [2.24, 2.45) is 5.92 Å². The van der Waals surface area contributed by atoms with Gasteiger partial charge in [0, 0.05) is 0 Å². The molecule has 1 atom stereocenters. The van der Waals surface area contributed by atoms with Gasteiger partial charge >= 0.3 is 5.97 Å². The topological polar surface area (TPSA) is 75.6 Å². The molecule has 6 heteroatoms. The molecule has 0 unspecified atom stereocenters. The molecule has 0 radical (unpaired) electrons. The van der Waals surface area contributed by atoms with Crippen LogP contribution in [0.15, 0.2) is 42.5 Å². The minimum absolute atomic E-state index is 0.191. The van der Waals surface area contributed by atoms with Crippen LogP contribution < -0.4 is 10.1 Å². The smallest absolute Gasteiger partial charge is 0.326 e. The lowest BCUT2D eigenvalue weighted by Gasteiger charge is -2.18. The zero-order chi connectivity index (χ0) is 18.6. The van der Waals surface area contributed by atoms with Crippen molar-refractivity contribution in [3.05, 3.63) is 53.8 Å². The first-order valence-corrected chi connectivity index (χ1v) is 7.81. The molecule has 2 aromatic rings. The molecule has 0 aliphatic carbocycles. The summed E-state index contributed by atoms with van der Waals surface area (Å²) in [4.78, 5) is 23.4. The minimum Gasteiger partial charge on any atom is -0.497 e. The van der Waals surface area contributed by atoms with Crippen molar-refractivity contribution >= 4 is 11.9 Å². The normalized spacial score (nSPS) is 11.9. The number of hydrogen-bond acceptors (Lipinski definition) is 3.